The van der Waals surface area contributed by atoms with Gasteiger partial charge in [0.2, 0.25) is 0 Å². The van der Waals surface area contributed by atoms with E-state index in [9.17, 15) is 9.90 Å². The molecule has 0 atom stereocenters. The van der Waals surface area contributed by atoms with Crippen LogP contribution in [0.15, 0.2) is 66.7 Å². The molecule has 0 aliphatic carbocycles. The topological polar surface area (TPSA) is 46.5 Å². The minimum absolute atomic E-state index is 0.0213. The quantitative estimate of drug-likeness (QED) is 0.572. The minimum atomic E-state index is -0.252. The molecular formula is C20H16O3. The lowest BCUT2D eigenvalue weighted by Crippen LogP contribution is -1.95. The third-order valence-electron chi connectivity index (χ3n) is 3.72. The van der Waals surface area contributed by atoms with Gasteiger partial charge in [-0.15, -0.1) is 0 Å². The number of fused-ring (bicyclic) bond motifs is 1. The number of hydrogen-bond donors (Lipinski definition) is 1. The third kappa shape index (κ3) is 2.94. The van der Waals surface area contributed by atoms with Crippen LogP contribution in [0.25, 0.3) is 16.8 Å². The SMILES string of the molecule is COc1ccc2ccccc2c1C=CC(=O)c1ccccc1O. The first-order valence-corrected chi connectivity index (χ1v) is 7.27. The fourth-order valence-electron chi connectivity index (χ4n) is 2.56. The molecule has 1 N–H and O–H groups in total. The van der Waals surface area contributed by atoms with Crippen molar-refractivity contribution in [3.05, 3.63) is 77.9 Å². The number of rotatable bonds is 4. The van der Waals surface area contributed by atoms with Crippen molar-refractivity contribution in [3.63, 3.8) is 0 Å². The molecule has 0 saturated carbocycles. The number of ether oxygens (including phenoxy) is 1. The summed E-state index contributed by atoms with van der Waals surface area (Å²) in [6.45, 7) is 0. The van der Waals surface area contributed by atoms with Crippen molar-refractivity contribution in [3.8, 4) is 11.5 Å². The van der Waals surface area contributed by atoms with Crippen LogP contribution in [-0.2, 0) is 0 Å². The van der Waals surface area contributed by atoms with Crippen LogP contribution in [0.2, 0.25) is 0 Å². The first kappa shape index (κ1) is 14.9. The summed E-state index contributed by atoms with van der Waals surface area (Å²) in [5.74, 6) is 0.426. The highest BCUT2D eigenvalue weighted by atomic mass is 16.5. The third-order valence-corrected chi connectivity index (χ3v) is 3.72. The summed E-state index contributed by atoms with van der Waals surface area (Å²) in [5.41, 5.74) is 1.12. The summed E-state index contributed by atoms with van der Waals surface area (Å²) in [5, 5.41) is 11.9. The van der Waals surface area contributed by atoms with Crippen molar-refractivity contribution in [2.75, 3.05) is 7.11 Å². The van der Waals surface area contributed by atoms with E-state index in [1.807, 2.05) is 36.4 Å². The Morgan fingerprint density at radius 3 is 2.52 bits per heavy atom. The Morgan fingerprint density at radius 1 is 1.00 bits per heavy atom. The summed E-state index contributed by atoms with van der Waals surface area (Å²) < 4.78 is 5.40. The Hall–Kier alpha value is -3.07. The first-order valence-electron chi connectivity index (χ1n) is 7.27. The number of methoxy groups -OCH3 is 1. The average molecular weight is 304 g/mol. The van der Waals surface area contributed by atoms with Crippen molar-refractivity contribution < 1.29 is 14.6 Å². The molecule has 0 spiro atoms. The number of ketones is 1. The predicted molar refractivity (Wildman–Crippen MR) is 92.0 cm³/mol. The van der Waals surface area contributed by atoms with Crippen molar-refractivity contribution in [2.24, 2.45) is 0 Å². The molecule has 0 fully saturated rings. The van der Waals surface area contributed by atoms with Crippen LogP contribution < -0.4 is 4.74 Å². The maximum Gasteiger partial charge on any atom is 0.189 e. The maximum atomic E-state index is 12.3. The molecule has 0 aliphatic rings. The number of carbonyl (C=O) groups excluding carboxylic acids is 1. The highest BCUT2D eigenvalue weighted by molar-refractivity contribution is 6.09. The summed E-state index contributed by atoms with van der Waals surface area (Å²) in [6.07, 6.45) is 3.19. The molecule has 0 bridgehead atoms. The number of carbonyl (C=O) groups is 1. The highest BCUT2D eigenvalue weighted by Crippen LogP contribution is 2.29. The summed E-state index contributed by atoms with van der Waals surface area (Å²) >= 11 is 0. The maximum absolute atomic E-state index is 12.3. The van der Waals surface area contributed by atoms with Gasteiger partial charge < -0.3 is 9.84 Å². The van der Waals surface area contributed by atoms with Gasteiger partial charge in [0, 0.05) is 5.56 Å². The Bertz CT molecular complexity index is 894. The Labute approximate surface area is 134 Å². The molecule has 0 saturated heterocycles. The van der Waals surface area contributed by atoms with Gasteiger partial charge >= 0.3 is 0 Å². The average Bonchev–Trinajstić information content (AvgIpc) is 2.59. The van der Waals surface area contributed by atoms with Gasteiger partial charge in [-0.1, -0.05) is 42.5 Å². The molecule has 23 heavy (non-hydrogen) atoms. The zero-order valence-corrected chi connectivity index (χ0v) is 12.7. The van der Waals surface area contributed by atoms with E-state index in [2.05, 4.69) is 0 Å². The summed E-state index contributed by atoms with van der Waals surface area (Å²) in [6, 6.07) is 18.3. The van der Waals surface area contributed by atoms with Crippen molar-refractivity contribution in [1.29, 1.82) is 0 Å². The second-order valence-corrected chi connectivity index (χ2v) is 5.12. The van der Waals surface area contributed by atoms with Gasteiger partial charge in [0.05, 0.1) is 12.7 Å². The van der Waals surface area contributed by atoms with E-state index in [1.165, 1.54) is 12.1 Å². The molecule has 0 unspecified atom stereocenters. The van der Waals surface area contributed by atoms with E-state index in [0.717, 1.165) is 16.3 Å². The molecule has 0 amide bonds. The summed E-state index contributed by atoms with van der Waals surface area (Å²) in [4.78, 5) is 12.3. The van der Waals surface area contributed by atoms with E-state index in [0.29, 0.717) is 5.75 Å². The van der Waals surface area contributed by atoms with Crippen molar-refractivity contribution in [1.82, 2.24) is 0 Å². The monoisotopic (exact) mass is 304 g/mol. The largest absolute Gasteiger partial charge is 0.507 e. The van der Waals surface area contributed by atoms with Crippen molar-refractivity contribution in [2.45, 2.75) is 0 Å². The number of phenols is 1. The van der Waals surface area contributed by atoms with Crippen LogP contribution in [0.5, 0.6) is 11.5 Å². The molecule has 0 heterocycles. The van der Waals surface area contributed by atoms with E-state index < -0.39 is 0 Å². The van der Waals surface area contributed by atoms with E-state index >= 15 is 0 Å². The van der Waals surface area contributed by atoms with Gasteiger partial charge in [-0.05, 0) is 41.1 Å². The minimum Gasteiger partial charge on any atom is -0.507 e. The van der Waals surface area contributed by atoms with E-state index in [4.69, 9.17) is 4.74 Å². The molecule has 3 nitrogen and oxygen atoms in total. The number of phenolic OH excluding ortho intramolecular Hbond substituents is 1. The lowest BCUT2D eigenvalue weighted by Gasteiger charge is -2.08. The van der Waals surface area contributed by atoms with Gasteiger partial charge in [-0.25, -0.2) is 0 Å². The number of aromatic hydroxyl groups is 1. The van der Waals surface area contributed by atoms with Crippen LogP contribution >= 0.6 is 0 Å². The smallest absolute Gasteiger partial charge is 0.189 e. The zero-order valence-electron chi connectivity index (χ0n) is 12.7. The van der Waals surface area contributed by atoms with Crippen LogP contribution in [-0.4, -0.2) is 18.0 Å². The lowest BCUT2D eigenvalue weighted by atomic mass is 10.0. The fourth-order valence-corrected chi connectivity index (χ4v) is 2.56. The summed E-state index contributed by atoms with van der Waals surface area (Å²) in [7, 11) is 1.60. The van der Waals surface area contributed by atoms with Crippen LogP contribution in [0, 0.1) is 0 Å². The molecular weight excluding hydrogens is 288 g/mol. The van der Waals surface area contributed by atoms with Gasteiger partial charge in [-0.3, -0.25) is 4.79 Å². The van der Waals surface area contributed by atoms with E-state index in [1.54, 1.807) is 31.4 Å². The van der Waals surface area contributed by atoms with Gasteiger partial charge in [-0.2, -0.15) is 0 Å². The Kier molecular flexibility index (Phi) is 4.11. The normalized spacial score (nSPS) is 11.0. The molecule has 0 radical (unpaired) electrons. The fraction of sp³-hybridized carbons (Fsp3) is 0.0500. The highest BCUT2D eigenvalue weighted by Gasteiger charge is 2.09. The molecule has 3 rings (SSSR count). The number of para-hydroxylation sites is 1. The van der Waals surface area contributed by atoms with Gasteiger partial charge in [0.1, 0.15) is 11.5 Å². The molecule has 3 heteroatoms. The van der Waals surface area contributed by atoms with Crippen LogP contribution in [0.1, 0.15) is 15.9 Å². The predicted octanol–water partition coefficient (Wildman–Crippen LogP) is 4.45. The Balaban J connectivity index is 2.04. The molecule has 3 aromatic rings. The number of allylic oxidation sites excluding steroid dienone is 1. The lowest BCUT2D eigenvalue weighted by molar-refractivity contribution is 0.104. The standard InChI is InChI=1S/C20H16O3/c1-23-20-13-10-14-6-2-3-7-15(14)16(20)11-12-19(22)17-8-4-5-9-18(17)21/h2-13,21H,1H3. The number of benzene rings is 3. The van der Waals surface area contributed by atoms with E-state index in [-0.39, 0.29) is 17.1 Å². The van der Waals surface area contributed by atoms with Gasteiger partial charge in [0.25, 0.3) is 0 Å². The molecule has 114 valence electrons. The molecule has 3 aromatic carbocycles. The Morgan fingerprint density at radius 2 is 1.74 bits per heavy atom. The van der Waals surface area contributed by atoms with Crippen LogP contribution in [0.3, 0.4) is 0 Å². The molecule has 0 aliphatic heterocycles. The second kappa shape index (κ2) is 6.36. The second-order valence-electron chi connectivity index (χ2n) is 5.12. The van der Waals surface area contributed by atoms with Crippen LogP contribution in [0.4, 0.5) is 0 Å². The van der Waals surface area contributed by atoms with Crippen molar-refractivity contribution >= 4 is 22.6 Å². The molecule has 0 aromatic heterocycles. The van der Waals surface area contributed by atoms with Gasteiger partial charge in [0.15, 0.2) is 5.78 Å². The first-order chi connectivity index (χ1) is 11.2. The number of hydrogen-bond acceptors (Lipinski definition) is 3. The zero-order chi connectivity index (χ0) is 16.2.